The van der Waals surface area contributed by atoms with Gasteiger partial charge in [0.2, 0.25) is 0 Å². The summed E-state index contributed by atoms with van der Waals surface area (Å²) in [6.07, 6.45) is 16.4. The summed E-state index contributed by atoms with van der Waals surface area (Å²) in [4.78, 5) is 13.2. The minimum absolute atomic E-state index is 0.0924. The fourth-order valence-electron chi connectivity index (χ4n) is 4.82. The molecule has 170 valence electrons. The molecule has 6 rings (SSSR count). The van der Waals surface area contributed by atoms with Gasteiger partial charge in [-0.25, -0.2) is 0 Å². The summed E-state index contributed by atoms with van der Waals surface area (Å²) in [5.74, 6) is 1.85. The molecule has 0 amide bonds. The molecular formula is C28H28O5. The summed E-state index contributed by atoms with van der Waals surface area (Å²) in [6.45, 7) is 4.75. The van der Waals surface area contributed by atoms with Gasteiger partial charge in [-0.05, 0) is 36.1 Å². The van der Waals surface area contributed by atoms with Crippen molar-refractivity contribution in [3.05, 3.63) is 70.5 Å². The average Bonchev–Trinajstić information content (AvgIpc) is 3.71. The molecule has 5 nitrogen and oxygen atoms in total. The van der Waals surface area contributed by atoms with Crippen LogP contribution in [-0.2, 0) is 19.0 Å². The Labute approximate surface area is 194 Å². The van der Waals surface area contributed by atoms with Crippen molar-refractivity contribution in [3.63, 3.8) is 0 Å². The molecule has 0 saturated carbocycles. The molecule has 3 atom stereocenters. The smallest absolute Gasteiger partial charge is 0.169 e. The van der Waals surface area contributed by atoms with Gasteiger partial charge < -0.3 is 18.9 Å². The molecule has 3 aliphatic carbocycles. The lowest BCUT2D eigenvalue weighted by molar-refractivity contribution is -0.119. The Balaban J connectivity index is 1.52. The van der Waals surface area contributed by atoms with Crippen molar-refractivity contribution in [1.29, 1.82) is 0 Å². The maximum atomic E-state index is 13.2. The Morgan fingerprint density at radius 2 is 1.82 bits per heavy atom. The van der Waals surface area contributed by atoms with Crippen LogP contribution in [0.4, 0.5) is 0 Å². The summed E-state index contributed by atoms with van der Waals surface area (Å²) in [5, 5.41) is 0. The van der Waals surface area contributed by atoms with Gasteiger partial charge in [0, 0.05) is 17.6 Å². The Morgan fingerprint density at radius 3 is 2.55 bits per heavy atom. The molecule has 5 heteroatoms. The molecule has 1 spiro atoms. The van der Waals surface area contributed by atoms with Gasteiger partial charge in [0.05, 0.1) is 18.6 Å². The lowest BCUT2D eigenvalue weighted by atomic mass is 9.74. The monoisotopic (exact) mass is 444 g/mol. The lowest BCUT2D eigenvalue weighted by Crippen LogP contribution is -2.27. The SMILES string of the molecule is CCC1=Cc2ccc(OCC3CO3)c3c2C(=C(OCC2CO2)C1)CC1(C=CC=CC1=O)C=C3. The number of epoxide rings is 2. The lowest BCUT2D eigenvalue weighted by Gasteiger charge is -2.28. The average molecular weight is 445 g/mol. The summed E-state index contributed by atoms with van der Waals surface area (Å²) >= 11 is 0. The first-order valence-electron chi connectivity index (χ1n) is 11.8. The van der Waals surface area contributed by atoms with Crippen LogP contribution in [0, 0.1) is 5.41 Å². The molecule has 2 fully saturated rings. The molecule has 2 heterocycles. The number of benzene rings is 1. The minimum Gasteiger partial charge on any atom is -0.494 e. The number of carbonyl (C=O) groups excluding carboxylic acids is 1. The van der Waals surface area contributed by atoms with Crippen LogP contribution in [0.5, 0.6) is 5.75 Å². The van der Waals surface area contributed by atoms with E-state index in [-0.39, 0.29) is 18.0 Å². The van der Waals surface area contributed by atoms with Crippen molar-refractivity contribution in [3.8, 4) is 5.75 Å². The number of carbonyl (C=O) groups is 1. The second-order valence-corrected chi connectivity index (χ2v) is 9.34. The van der Waals surface area contributed by atoms with Crippen LogP contribution in [0.25, 0.3) is 17.7 Å². The van der Waals surface area contributed by atoms with Crippen molar-refractivity contribution in [1.82, 2.24) is 0 Å². The summed E-state index contributed by atoms with van der Waals surface area (Å²) in [7, 11) is 0. The Morgan fingerprint density at radius 1 is 1.03 bits per heavy atom. The standard InChI is InChI=1S/C28H28O5/c1-2-18-11-19-6-7-24(32-16-20-14-30-20)22-8-10-28(9-4-3-5-26(28)29)13-23(27(19)22)25(12-18)33-17-21-15-31-21/h3-11,20-21H,2,12-17H2,1H3. The van der Waals surface area contributed by atoms with Gasteiger partial charge in [-0.2, -0.15) is 0 Å². The van der Waals surface area contributed by atoms with Crippen LogP contribution < -0.4 is 4.74 Å². The zero-order chi connectivity index (χ0) is 22.4. The van der Waals surface area contributed by atoms with E-state index in [0.717, 1.165) is 59.8 Å². The van der Waals surface area contributed by atoms with Crippen LogP contribution >= 0.6 is 0 Å². The van der Waals surface area contributed by atoms with Crippen molar-refractivity contribution in [2.24, 2.45) is 5.41 Å². The first-order chi connectivity index (χ1) is 16.1. The predicted molar refractivity (Wildman–Crippen MR) is 127 cm³/mol. The first-order valence-corrected chi connectivity index (χ1v) is 11.8. The van der Waals surface area contributed by atoms with E-state index in [1.165, 1.54) is 5.57 Å². The highest BCUT2D eigenvalue weighted by Crippen LogP contribution is 2.49. The molecule has 0 aromatic heterocycles. The highest BCUT2D eigenvalue weighted by Gasteiger charge is 2.39. The third-order valence-electron chi connectivity index (χ3n) is 6.98. The normalized spacial score (nSPS) is 28.9. The van der Waals surface area contributed by atoms with Crippen LogP contribution in [0.3, 0.4) is 0 Å². The van der Waals surface area contributed by atoms with E-state index < -0.39 is 5.41 Å². The molecular weight excluding hydrogens is 416 g/mol. The highest BCUT2D eigenvalue weighted by atomic mass is 16.6. The van der Waals surface area contributed by atoms with E-state index in [9.17, 15) is 4.79 Å². The largest absolute Gasteiger partial charge is 0.494 e. The molecule has 1 aromatic rings. The second-order valence-electron chi connectivity index (χ2n) is 9.34. The van der Waals surface area contributed by atoms with E-state index in [0.29, 0.717) is 19.6 Å². The van der Waals surface area contributed by atoms with E-state index in [4.69, 9.17) is 18.9 Å². The maximum absolute atomic E-state index is 13.2. The number of ketones is 1. The number of rotatable bonds is 7. The Kier molecular flexibility index (Phi) is 5.11. The molecule has 0 radical (unpaired) electrons. The van der Waals surface area contributed by atoms with Crippen molar-refractivity contribution >= 4 is 23.5 Å². The highest BCUT2D eigenvalue weighted by molar-refractivity contribution is 6.03. The van der Waals surface area contributed by atoms with Crippen LogP contribution in [0.2, 0.25) is 0 Å². The van der Waals surface area contributed by atoms with Crippen LogP contribution in [0.1, 0.15) is 42.9 Å². The third kappa shape index (κ3) is 4.00. The quantitative estimate of drug-likeness (QED) is 0.561. The molecule has 2 saturated heterocycles. The molecule has 33 heavy (non-hydrogen) atoms. The third-order valence-corrected chi connectivity index (χ3v) is 6.98. The summed E-state index contributed by atoms with van der Waals surface area (Å²) < 4.78 is 23.4. The summed E-state index contributed by atoms with van der Waals surface area (Å²) in [5.41, 5.74) is 4.95. The number of hydrogen-bond acceptors (Lipinski definition) is 5. The van der Waals surface area contributed by atoms with Gasteiger partial charge >= 0.3 is 0 Å². The Bertz CT molecular complexity index is 1140. The molecule has 5 aliphatic rings. The van der Waals surface area contributed by atoms with E-state index in [1.54, 1.807) is 6.08 Å². The fraction of sp³-hybridized carbons (Fsp3) is 0.393. The first kappa shape index (κ1) is 20.7. The zero-order valence-corrected chi connectivity index (χ0v) is 18.8. The number of ether oxygens (including phenoxy) is 4. The van der Waals surface area contributed by atoms with Crippen LogP contribution in [0.15, 0.2) is 53.8 Å². The molecule has 2 aliphatic heterocycles. The topological polar surface area (TPSA) is 60.6 Å². The van der Waals surface area contributed by atoms with Gasteiger partial charge in [-0.3, -0.25) is 4.79 Å². The molecule has 0 N–H and O–H groups in total. The van der Waals surface area contributed by atoms with Gasteiger partial charge in [-0.15, -0.1) is 0 Å². The number of allylic oxidation sites excluding steroid dienone is 7. The van der Waals surface area contributed by atoms with Gasteiger partial charge in [0.25, 0.3) is 0 Å². The maximum Gasteiger partial charge on any atom is 0.169 e. The van der Waals surface area contributed by atoms with E-state index in [1.807, 2.05) is 30.4 Å². The van der Waals surface area contributed by atoms with Gasteiger partial charge in [0.1, 0.15) is 36.9 Å². The van der Waals surface area contributed by atoms with Crippen molar-refractivity contribution in [2.75, 3.05) is 26.4 Å². The van der Waals surface area contributed by atoms with Crippen molar-refractivity contribution < 1.29 is 23.7 Å². The van der Waals surface area contributed by atoms with Gasteiger partial charge in [0.15, 0.2) is 5.78 Å². The predicted octanol–water partition coefficient (Wildman–Crippen LogP) is 4.89. The molecule has 3 unspecified atom stereocenters. The Hall–Kier alpha value is -2.89. The van der Waals surface area contributed by atoms with E-state index >= 15 is 0 Å². The molecule has 0 bridgehead atoms. The fourth-order valence-corrected chi connectivity index (χ4v) is 4.82. The van der Waals surface area contributed by atoms with Crippen molar-refractivity contribution in [2.45, 2.75) is 38.4 Å². The second kappa shape index (κ2) is 8.15. The number of hydrogen-bond donors (Lipinski definition) is 0. The minimum atomic E-state index is -0.724. The summed E-state index contributed by atoms with van der Waals surface area (Å²) in [6, 6.07) is 4.18. The van der Waals surface area contributed by atoms with E-state index in [2.05, 4.69) is 25.1 Å². The van der Waals surface area contributed by atoms with Crippen LogP contribution in [-0.4, -0.2) is 44.4 Å². The molecule has 1 aromatic carbocycles. The zero-order valence-electron chi connectivity index (χ0n) is 18.8. The van der Waals surface area contributed by atoms with Gasteiger partial charge in [-0.1, -0.05) is 55.0 Å².